The third-order valence-electron chi connectivity index (χ3n) is 4.85. The molecular formula is C21H23ClN2O2. The number of carbonyl (C=O) groups excluding carboxylic acids is 2. The fourth-order valence-corrected chi connectivity index (χ4v) is 3.52. The van der Waals surface area contributed by atoms with Crippen molar-refractivity contribution in [3.63, 3.8) is 0 Å². The Morgan fingerprint density at radius 1 is 1.23 bits per heavy atom. The van der Waals surface area contributed by atoms with Gasteiger partial charge in [0.15, 0.2) is 0 Å². The van der Waals surface area contributed by atoms with Gasteiger partial charge in [-0.05, 0) is 36.6 Å². The van der Waals surface area contributed by atoms with Gasteiger partial charge in [0.05, 0.1) is 10.7 Å². The summed E-state index contributed by atoms with van der Waals surface area (Å²) in [5, 5.41) is 3.50. The molecule has 0 aromatic heterocycles. The Labute approximate surface area is 159 Å². The molecule has 0 radical (unpaired) electrons. The highest BCUT2D eigenvalue weighted by Crippen LogP contribution is 2.30. The molecule has 1 aliphatic heterocycles. The van der Waals surface area contributed by atoms with E-state index in [2.05, 4.69) is 24.4 Å². The van der Waals surface area contributed by atoms with Crippen LogP contribution in [0.15, 0.2) is 48.5 Å². The van der Waals surface area contributed by atoms with Gasteiger partial charge in [-0.15, -0.1) is 0 Å². The van der Waals surface area contributed by atoms with Crippen LogP contribution in [0.1, 0.15) is 48.0 Å². The molecule has 5 heteroatoms. The molecule has 1 fully saturated rings. The fourth-order valence-electron chi connectivity index (χ4n) is 3.30. The van der Waals surface area contributed by atoms with Crippen LogP contribution in [-0.2, 0) is 4.79 Å². The second-order valence-electron chi connectivity index (χ2n) is 6.54. The summed E-state index contributed by atoms with van der Waals surface area (Å²) in [5.74, 6) is 0.176. The van der Waals surface area contributed by atoms with Crippen molar-refractivity contribution < 1.29 is 9.59 Å². The first-order valence-corrected chi connectivity index (χ1v) is 9.41. The lowest BCUT2D eigenvalue weighted by molar-refractivity contribution is -0.117. The van der Waals surface area contributed by atoms with Crippen LogP contribution in [0.25, 0.3) is 0 Å². The predicted molar refractivity (Wildman–Crippen MR) is 105 cm³/mol. The monoisotopic (exact) mass is 370 g/mol. The minimum absolute atomic E-state index is 0.0552. The van der Waals surface area contributed by atoms with Crippen molar-refractivity contribution in [2.45, 2.75) is 32.1 Å². The number of amides is 2. The molecule has 3 rings (SSSR count). The molecule has 1 heterocycles. The second kappa shape index (κ2) is 8.37. The molecular weight excluding hydrogens is 348 g/mol. The molecule has 2 aromatic carbocycles. The van der Waals surface area contributed by atoms with Crippen LogP contribution in [0.3, 0.4) is 0 Å². The van der Waals surface area contributed by atoms with Gasteiger partial charge in [0.25, 0.3) is 5.91 Å². The molecule has 136 valence electrons. The van der Waals surface area contributed by atoms with Gasteiger partial charge >= 0.3 is 0 Å². The van der Waals surface area contributed by atoms with E-state index in [1.807, 2.05) is 18.2 Å². The van der Waals surface area contributed by atoms with E-state index in [1.165, 1.54) is 5.56 Å². The Balaban J connectivity index is 1.71. The van der Waals surface area contributed by atoms with E-state index >= 15 is 0 Å². The standard InChI is InChI=1S/C21H23ClN2O2/c1-2-15(16-7-4-3-5-8-16)14-23-21(26)17-10-11-18(22)19(13-17)24-12-6-9-20(24)25/h3-5,7-8,10-11,13,15H,2,6,9,12,14H2,1H3,(H,23,26)/t15-/m0/s1. The maximum Gasteiger partial charge on any atom is 0.251 e. The maximum absolute atomic E-state index is 12.6. The third kappa shape index (κ3) is 4.07. The molecule has 4 nitrogen and oxygen atoms in total. The first-order valence-electron chi connectivity index (χ1n) is 9.03. The van der Waals surface area contributed by atoms with Crippen LogP contribution in [0.5, 0.6) is 0 Å². The van der Waals surface area contributed by atoms with E-state index in [0.717, 1.165) is 12.8 Å². The first-order chi connectivity index (χ1) is 12.6. The Morgan fingerprint density at radius 3 is 2.65 bits per heavy atom. The van der Waals surface area contributed by atoms with Crippen molar-refractivity contribution in [3.05, 3.63) is 64.7 Å². The first kappa shape index (κ1) is 18.5. The molecule has 0 bridgehead atoms. The molecule has 2 aromatic rings. The molecule has 1 aliphatic rings. The van der Waals surface area contributed by atoms with E-state index in [0.29, 0.717) is 35.8 Å². The summed E-state index contributed by atoms with van der Waals surface area (Å²) < 4.78 is 0. The van der Waals surface area contributed by atoms with Gasteiger partial charge < -0.3 is 10.2 Å². The van der Waals surface area contributed by atoms with Gasteiger partial charge in [-0.1, -0.05) is 48.9 Å². The second-order valence-corrected chi connectivity index (χ2v) is 6.95. The molecule has 0 saturated carbocycles. The van der Waals surface area contributed by atoms with Crippen molar-refractivity contribution in [1.29, 1.82) is 0 Å². The highest BCUT2D eigenvalue weighted by Gasteiger charge is 2.24. The smallest absolute Gasteiger partial charge is 0.251 e. The van der Waals surface area contributed by atoms with Gasteiger partial charge in [0.1, 0.15) is 0 Å². The van der Waals surface area contributed by atoms with E-state index in [-0.39, 0.29) is 17.7 Å². The van der Waals surface area contributed by atoms with Crippen molar-refractivity contribution in [1.82, 2.24) is 5.32 Å². The van der Waals surface area contributed by atoms with E-state index in [4.69, 9.17) is 11.6 Å². The molecule has 1 atom stereocenters. The number of nitrogens with zero attached hydrogens (tertiary/aromatic N) is 1. The van der Waals surface area contributed by atoms with E-state index in [9.17, 15) is 9.59 Å². The van der Waals surface area contributed by atoms with Gasteiger partial charge in [-0.3, -0.25) is 9.59 Å². The van der Waals surface area contributed by atoms with E-state index in [1.54, 1.807) is 23.1 Å². The minimum atomic E-state index is -0.149. The summed E-state index contributed by atoms with van der Waals surface area (Å²) in [5.41, 5.74) is 2.36. The summed E-state index contributed by atoms with van der Waals surface area (Å²) in [4.78, 5) is 26.2. The van der Waals surface area contributed by atoms with Crippen molar-refractivity contribution in [3.8, 4) is 0 Å². The van der Waals surface area contributed by atoms with E-state index < -0.39 is 0 Å². The summed E-state index contributed by atoms with van der Waals surface area (Å²) in [6.07, 6.45) is 2.29. The van der Waals surface area contributed by atoms with Crippen LogP contribution in [-0.4, -0.2) is 24.9 Å². The Morgan fingerprint density at radius 2 is 2.00 bits per heavy atom. The van der Waals surface area contributed by atoms with Gasteiger partial charge in [-0.2, -0.15) is 0 Å². The van der Waals surface area contributed by atoms with Crippen LogP contribution in [0, 0.1) is 0 Å². The lowest BCUT2D eigenvalue weighted by Crippen LogP contribution is -2.29. The molecule has 26 heavy (non-hydrogen) atoms. The number of rotatable bonds is 6. The van der Waals surface area contributed by atoms with Crippen LogP contribution >= 0.6 is 11.6 Å². The fraction of sp³-hybridized carbons (Fsp3) is 0.333. The van der Waals surface area contributed by atoms with Crippen LogP contribution in [0.4, 0.5) is 5.69 Å². The number of anilines is 1. The van der Waals surface area contributed by atoms with Crippen LogP contribution < -0.4 is 10.2 Å². The number of nitrogens with one attached hydrogen (secondary N) is 1. The normalized spacial score (nSPS) is 15.2. The van der Waals surface area contributed by atoms with Crippen molar-refractivity contribution in [2.75, 3.05) is 18.0 Å². The minimum Gasteiger partial charge on any atom is -0.351 e. The zero-order valence-electron chi connectivity index (χ0n) is 14.9. The quantitative estimate of drug-likeness (QED) is 0.819. The van der Waals surface area contributed by atoms with Gasteiger partial charge in [0.2, 0.25) is 5.91 Å². The van der Waals surface area contributed by atoms with Crippen molar-refractivity contribution in [2.24, 2.45) is 0 Å². The van der Waals surface area contributed by atoms with Gasteiger partial charge in [0, 0.05) is 31.0 Å². The molecule has 0 spiro atoms. The lowest BCUT2D eigenvalue weighted by Gasteiger charge is -2.19. The molecule has 0 unspecified atom stereocenters. The molecule has 2 amide bonds. The molecule has 1 N–H and O–H groups in total. The third-order valence-corrected chi connectivity index (χ3v) is 5.16. The number of benzene rings is 2. The Bertz CT molecular complexity index is 792. The zero-order chi connectivity index (χ0) is 18.5. The van der Waals surface area contributed by atoms with Crippen molar-refractivity contribution >= 4 is 29.1 Å². The number of hydrogen-bond acceptors (Lipinski definition) is 2. The molecule has 1 saturated heterocycles. The summed E-state index contributed by atoms with van der Waals surface area (Å²) in [6.45, 7) is 3.33. The highest BCUT2D eigenvalue weighted by molar-refractivity contribution is 6.34. The highest BCUT2D eigenvalue weighted by atomic mass is 35.5. The Hall–Kier alpha value is -2.33. The summed E-state index contributed by atoms with van der Waals surface area (Å²) >= 11 is 6.25. The molecule has 0 aliphatic carbocycles. The van der Waals surface area contributed by atoms with Crippen LogP contribution in [0.2, 0.25) is 5.02 Å². The number of carbonyl (C=O) groups is 2. The number of hydrogen-bond donors (Lipinski definition) is 1. The lowest BCUT2D eigenvalue weighted by atomic mass is 9.96. The largest absolute Gasteiger partial charge is 0.351 e. The average Bonchev–Trinajstić information content (AvgIpc) is 3.09. The average molecular weight is 371 g/mol. The predicted octanol–water partition coefficient (Wildman–Crippen LogP) is 4.39. The van der Waals surface area contributed by atoms with Gasteiger partial charge in [-0.25, -0.2) is 0 Å². The topological polar surface area (TPSA) is 49.4 Å². The Kier molecular flexibility index (Phi) is 5.94. The number of halogens is 1. The zero-order valence-corrected chi connectivity index (χ0v) is 15.6. The summed E-state index contributed by atoms with van der Waals surface area (Å²) in [7, 11) is 0. The maximum atomic E-state index is 12.6. The summed E-state index contributed by atoms with van der Waals surface area (Å²) in [6, 6.07) is 15.3. The SMILES string of the molecule is CC[C@@H](CNC(=O)c1ccc(Cl)c(N2CCCC2=O)c1)c1ccccc1.